The Labute approximate surface area is 107 Å². The van der Waals surface area contributed by atoms with Gasteiger partial charge in [-0.3, -0.25) is 0 Å². The third-order valence-corrected chi connectivity index (χ3v) is 3.56. The van der Waals surface area contributed by atoms with Gasteiger partial charge in [-0.25, -0.2) is 0 Å². The Morgan fingerprint density at radius 1 is 1.44 bits per heavy atom. The van der Waals surface area contributed by atoms with Crippen LogP contribution in [0.5, 0.6) is 5.88 Å². The van der Waals surface area contributed by atoms with Gasteiger partial charge in [-0.15, -0.1) is 0 Å². The zero-order valence-corrected chi connectivity index (χ0v) is 10.7. The van der Waals surface area contributed by atoms with E-state index in [0.717, 1.165) is 18.7 Å². The number of aliphatic hydroxyl groups excluding tert-OH is 1. The van der Waals surface area contributed by atoms with Crippen molar-refractivity contribution >= 4 is 11.5 Å². The molecule has 2 rings (SSSR count). The van der Waals surface area contributed by atoms with Crippen molar-refractivity contribution in [2.75, 3.05) is 24.8 Å². The average molecular weight is 251 g/mol. The Balaban J connectivity index is 2.07. The molecule has 0 spiro atoms. The molecule has 5 heteroatoms. The highest BCUT2D eigenvalue weighted by atomic mass is 16.5. The summed E-state index contributed by atoms with van der Waals surface area (Å²) in [6, 6.07) is 3.91. The summed E-state index contributed by atoms with van der Waals surface area (Å²) < 4.78 is 5.10. The van der Waals surface area contributed by atoms with E-state index in [1.165, 1.54) is 12.8 Å². The maximum absolute atomic E-state index is 9.38. The second-order valence-corrected chi connectivity index (χ2v) is 4.77. The Morgan fingerprint density at radius 2 is 2.22 bits per heavy atom. The van der Waals surface area contributed by atoms with Crippen molar-refractivity contribution in [1.82, 2.24) is 4.98 Å². The second-order valence-electron chi connectivity index (χ2n) is 4.77. The standard InChI is InChI=1S/C13H21N3O2/c1-18-13-10(14)6-7-12(16-13)15-11-5-3-2-4-9(11)8-17/h6-7,9,11,17H,2-5,8,14H2,1H3,(H,15,16). The molecule has 1 aliphatic carbocycles. The molecule has 0 saturated heterocycles. The van der Waals surface area contributed by atoms with Crippen LogP contribution in [0.4, 0.5) is 11.5 Å². The molecule has 100 valence electrons. The lowest BCUT2D eigenvalue weighted by molar-refractivity contribution is 0.178. The summed E-state index contributed by atoms with van der Waals surface area (Å²) >= 11 is 0. The molecule has 1 aliphatic rings. The van der Waals surface area contributed by atoms with Gasteiger partial charge in [-0.1, -0.05) is 12.8 Å². The number of aliphatic hydroxyl groups is 1. The monoisotopic (exact) mass is 251 g/mol. The maximum atomic E-state index is 9.38. The molecule has 0 radical (unpaired) electrons. The normalized spacial score (nSPS) is 23.7. The summed E-state index contributed by atoms with van der Waals surface area (Å²) in [6.07, 6.45) is 4.53. The van der Waals surface area contributed by atoms with E-state index in [1.54, 1.807) is 13.2 Å². The molecule has 0 amide bonds. The molecule has 1 aromatic heterocycles. The first-order valence-electron chi connectivity index (χ1n) is 6.42. The first kappa shape index (κ1) is 13.0. The predicted molar refractivity (Wildman–Crippen MR) is 71.7 cm³/mol. The minimum atomic E-state index is 0.226. The van der Waals surface area contributed by atoms with Crippen LogP contribution in [0.15, 0.2) is 12.1 Å². The largest absolute Gasteiger partial charge is 0.479 e. The minimum Gasteiger partial charge on any atom is -0.479 e. The molecule has 2 atom stereocenters. The van der Waals surface area contributed by atoms with Gasteiger partial charge < -0.3 is 20.9 Å². The third-order valence-electron chi connectivity index (χ3n) is 3.56. The van der Waals surface area contributed by atoms with Gasteiger partial charge in [0.2, 0.25) is 5.88 Å². The number of nitrogens with two attached hydrogens (primary N) is 1. The number of aromatic nitrogens is 1. The topological polar surface area (TPSA) is 80.4 Å². The highest BCUT2D eigenvalue weighted by Gasteiger charge is 2.24. The van der Waals surface area contributed by atoms with Gasteiger partial charge in [-0.2, -0.15) is 4.98 Å². The summed E-state index contributed by atoms with van der Waals surface area (Å²) in [4.78, 5) is 4.31. The zero-order chi connectivity index (χ0) is 13.0. The molecule has 1 fully saturated rings. The molecule has 0 aliphatic heterocycles. The molecule has 0 bridgehead atoms. The number of nitrogen functional groups attached to an aromatic ring is 1. The van der Waals surface area contributed by atoms with Crippen molar-refractivity contribution in [3.05, 3.63) is 12.1 Å². The number of ether oxygens (including phenoxy) is 1. The van der Waals surface area contributed by atoms with Gasteiger partial charge in [0.25, 0.3) is 0 Å². The smallest absolute Gasteiger partial charge is 0.238 e. The van der Waals surface area contributed by atoms with E-state index in [2.05, 4.69) is 10.3 Å². The summed E-state index contributed by atoms with van der Waals surface area (Å²) in [6.45, 7) is 0.226. The van der Waals surface area contributed by atoms with E-state index in [0.29, 0.717) is 17.5 Å². The van der Waals surface area contributed by atoms with Gasteiger partial charge in [0.15, 0.2) is 0 Å². The number of hydrogen-bond acceptors (Lipinski definition) is 5. The molecule has 4 N–H and O–H groups in total. The van der Waals surface area contributed by atoms with Crippen LogP contribution in [0.1, 0.15) is 25.7 Å². The number of anilines is 2. The minimum absolute atomic E-state index is 0.226. The molecule has 5 nitrogen and oxygen atoms in total. The van der Waals surface area contributed by atoms with Crippen LogP contribution in [-0.2, 0) is 0 Å². The Bertz CT molecular complexity index is 398. The van der Waals surface area contributed by atoms with Crippen molar-refractivity contribution in [1.29, 1.82) is 0 Å². The molecule has 2 unspecified atom stereocenters. The van der Waals surface area contributed by atoms with Gasteiger partial charge in [0.05, 0.1) is 12.8 Å². The molecule has 0 aromatic carbocycles. The first-order chi connectivity index (χ1) is 8.74. The van der Waals surface area contributed by atoms with E-state index in [1.807, 2.05) is 6.07 Å². The van der Waals surface area contributed by atoms with Crippen molar-refractivity contribution in [2.45, 2.75) is 31.7 Å². The van der Waals surface area contributed by atoms with Gasteiger partial charge in [0, 0.05) is 18.6 Å². The first-order valence-corrected chi connectivity index (χ1v) is 6.42. The van der Waals surface area contributed by atoms with Crippen LogP contribution in [0.3, 0.4) is 0 Å². The molecule has 1 aromatic rings. The molecule has 1 heterocycles. The molecule has 1 saturated carbocycles. The van der Waals surface area contributed by atoms with Crippen molar-refractivity contribution in [3.63, 3.8) is 0 Å². The number of nitrogens with one attached hydrogen (secondary N) is 1. The lowest BCUT2D eigenvalue weighted by Gasteiger charge is -2.31. The average Bonchev–Trinajstić information content (AvgIpc) is 2.41. The zero-order valence-electron chi connectivity index (χ0n) is 10.7. The number of nitrogens with zero attached hydrogens (tertiary/aromatic N) is 1. The highest BCUT2D eigenvalue weighted by molar-refractivity contribution is 5.53. The third kappa shape index (κ3) is 2.85. The summed E-state index contributed by atoms with van der Waals surface area (Å²) in [5.41, 5.74) is 6.26. The van der Waals surface area contributed by atoms with Crippen LogP contribution in [0.25, 0.3) is 0 Å². The van der Waals surface area contributed by atoms with Crippen molar-refractivity contribution in [2.24, 2.45) is 5.92 Å². The molecule has 18 heavy (non-hydrogen) atoms. The number of methoxy groups -OCH3 is 1. The number of rotatable bonds is 4. The van der Waals surface area contributed by atoms with Crippen LogP contribution in [-0.4, -0.2) is 29.8 Å². The van der Waals surface area contributed by atoms with Crippen molar-refractivity contribution < 1.29 is 9.84 Å². The van der Waals surface area contributed by atoms with E-state index in [9.17, 15) is 5.11 Å². The van der Waals surface area contributed by atoms with Crippen LogP contribution >= 0.6 is 0 Å². The highest BCUT2D eigenvalue weighted by Crippen LogP contribution is 2.28. The second kappa shape index (κ2) is 5.91. The number of hydrogen-bond donors (Lipinski definition) is 3. The fraction of sp³-hybridized carbons (Fsp3) is 0.615. The van der Waals surface area contributed by atoms with Crippen LogP contribution in [0, 0.1) is 5.92 Å². The van der Waals surface area contributed by atoms with Crippen molar-refractivity contribution in [3.8, 4) is 5.88 Å². The maximum Gasteiger partial charge on any atom is 0.238 e. The van der Waals surface area contributed by atoms with Gasteiger partial charge in [-0.05, 0) is 25.0 Å². The Morgan fingerprint density at radius 3 is 2.94 bits per heavy atom. The molecular weight excluding hydrogens is 230 g/mol. The lowest BCUT2D eigenvalue weighted by atomic mass is 9.85. The van der Waals surface area contributed by atoms with E-state index >= 15 is 0 Å². The summed E-state index contributed by atoms with van der Waals surface area (Å²) in [7, 11) is 1.56. The van der Waals surface area contributed by atoms with Gasteiger partial charge in [0.1, 0.15) is 5.82 Å². The van der Waals surface area contributed by atoms with E-state index in [-0.39, 0.29) is 12.6 Å². The Hall–Kier alpha value is -1.49. The van der Waals surface area contributed by atoms with E-state index in [4.69, 9.17) is 10.5 Å². The van der Waals surface area contributed by atoms with Crippen LogP contribution < -0.4 is 15.8 Å². The van der Waals surface area contributed by atoms with E-state index < -0.39 is 0 Å². The quantitative estimate of drug-likeness (QED) is 0.758. The lowest BCUT2D eigenvalue weighted by Crippen LogP contribution is -2.34. The summed E-state index contributed by atoms with van der Waals surface area (Å²) in [5.74, 6) is 1.51. The fourth-order valence-electron chi connectivity index (χ4n) is 2.50. The molecular formula is C13H21N3O2. The summed E-state index contributed by atoms with van der Waals surface area (Å²) in [5, 5.41) is 12.8. The SMILES string of the molecule is COc1nc(NC2CCCCC2CO)ccc1N. The fourth-order valence-corrected chi connectivity index (χ4v) is 2.50. The number of pyridine rings is 1. The van der Waals surface area contributed by atoms with Crippen LogP contribution in [0.2, 0.25) is 0 Å². The predicted octanol–water partition coefficient (Wildman–Crippen LogP) is 1.64. The Kier molecular flexibility index (Phi) is 4.25. The van der Waals surface area contributed by atoms with Gasteiger partial charge >= 0.3 is 0 Å².